The summed E-state index contributed by atoms with van der Waals surface area (Å²) in [6, 6.07) is 7.18. The molecule has 3 nitrogen and oxygen atoms in total. The van der Waals surface area contributed by atoms with Crippen molar-refractivity contribution in [1.82, 2.24) is 0 Å². The molecular formula is C18H26O3. The van der Waals surface area contributed by atoms with Crippen LogP contribution in [-0.4, -0.2) is 18.7 Å². The SMILES string of the molecule is CCCC1CCC(OC(=O)c2ccc(OCC)cc2)CC1. The van der Waals surface area contributed by atoms with E-state index in [1.54, 1.807) is 12.1 Å². The zero-order valence-corrected chi connectivity index (χ0v) is 13.1. The van der Waals surface area contributed by atoms with Crippen LogP contribution in [0.5, 0.6) is 5.75 Å². The molecule has 0 aliphatic heterocycles. The van der Waals surface area contributed by atoms with Crippen LogP contribution in [0.4, 0.5) is 0 Å². The Bertz CT molecular complexity index is 430. The molecule has 0 saturated heterocycles. The molecule has 0 radical (unpaired) electrons. The van der Waals surface area contributed by atoms with Crippen molar-refractivity contribution in [2.75, 3.05) is 6.61 Å². The van der Waals surface area contributed by atoms with Crippen molar-refractivity contribution in [2.24, 2.45) is 5.92 Å². The Kier molecular flexibility index (Phi) is 6.09. The smallest absolute Gasteiger partial charge is 0.338 e. The largest absolute Gasteiger partial charge is 0.494 e. The highest BCUT2D eigenvalue weighted by atomic mass is 16.5. The lowest BCUT2D eigenvalue weighted by atomic mass is 9.85. The molecule has 1 aromatic carbocycles. The Morgan fingerprint density at radius 3 is 2.33 bits per heavy atom. The van der Waals surface area contributed by atoms with E-state index < -0.39 is 0 Å². The summed E-state index contributed by atoms with van der Waals surface area (Å²) in [4.78, 5) is 12.1. The molecule has 0 unspecified atom stereocenters. The third-order valence-corrected chi connectivity index (χ3v) is 4.17. The highest BCUT2D eigenvalue weighted by Gasteiger charge is 2.23. The molecule has 116 valence electrons. The highest BCUT2D eigenvalue weighted by Crippen LogP contribution is 2.29. The summed E-state index contributed by atoms with van der Waals surface area (Å²) in [5, 5.41) is 0. The van der Waals surface area contributed by atoms with E-state index in [-0.39, 0.29) is 12.1 Å². The van der Waals surface area contributed by atoms with Crippen molar-refractivity contribution in [2.45, 2.75) is 58.5 Å². The first kappa shape index (κ1) is 15.9. The Morgan fingerprint density at radius 1 is 1.10 bits per heavy atom. The van der Waals surface area contributed by atoms with Crippen molar-refractivity contribution in [3.8, 4) is 5.75 Å². The van der Waals surface area contributed by atoms with Crippen LogP contribution in [0.25, 0.3) is 0 Å². The maximum atomic E-state index is 12.1. The Hall–Kier alpha value is -1.51. The van der Waals surface area contributed by atoms with E-state index in [2.05, 4.69) is 6.92 Å². The van der Waals surface area contributed by atoms with E-state index in [0.717, 1.165) is 24.5 Å². The summed E-state index contributed by atoms with van der Waals surface area (Å²) in [5.41, 5.74) is 0.606. The second-order valence-electron chi connectivity index (χ2n) is 5.79. The Morgan fingerprint density at radius 2 is 1.76 bits per heavy atom. The first-order valence-electron chi connectivity index (χ1n) is 8.16. The van der Waals surface area contributed by atoms with Crippen molar-refractivity contribution in [3.63, 3.8) is 0 Å². The fourth-order valence-electron chi connectivity index (χ4n) is 3.02. The monoisotopic (exact) mass is 290 g/mol. The number of carbonyl (C=O) groups excluding carboxylic acids is 1. The van der Waals surface area contributed by atoms with Crippen LogP contribution in [0.2, 0.25) is 0 Å². The van der Waals surface area contributed by atoms with Crippen LogP contribution in [0.3, 0.4) is 0 Å². The topological polar surface area (TPSA) is 35.5 Å². The minimum absolute atomic E-state index is 0.0946. The molecule has 3 heteroatoms. The predicted molar refractivity (Wildman–Crippen MR) is 83.7 cm³/mol. The number of ether oxygens (including phenoxy) is 2. The van der Waals surface area contributed by atoms with Gasteiger partial charge in [0.25, 0.3) is 0 Å². The van der Waals surface area contributed by atoms with E-state index in [0.29, 0.717) is 12.2 Å². The van der Waals surface area contributed by atoms with Crippen LogP contribution in [0, 0.1) is 5.92 Å². The lowest BCUT2D eigenvalue weighted by Gasteiger charge is -2.28. The summed E-state index contributed by atoms with van der Waals surface area (Å²) < 4.78 is 11.0. The zero-order valence-electron chi connectivity index (χ0n) is 13.1. The second-order valence-corrected chi connectivity index (χ2v) is 5.79. The minimum atomic E-state index is -0.211. The molecule has 0 N–H and O–H groups in total. The summed E-state index contributed by atoms with van der Waals surface area (Å²) in [7, 11) is 0. The lowest BCUT2D eigenvalue weighted by Crippen LogP contribution is -2.24. The van der Waals surface area contributed by atoms with Crippen LogP contribution < -0.4 is 4.74 Å². The van der Waals surface area contributed by atoms with Gasteiger partial charge < -0.3 is 9.47 Å². The average Bonchev–Trinajstić information content (AvgIpc) is 2.50. The first-order chi connectivity index (χ1) is 10.2. The second kappa shape index (κ2) is 8.06. The third kappa shape index (κ3) is 4.76. The van der Waals surface area contributed by atoms with E-state index in [1.807, 2.05) is 19.1 Å². The molecule has 0 spiro atoms. The molecule has 1 saturated carbocycles. The molecule has 0 bridgehead atoms. The maximum Gasteiger partial charge on any atom is 0.338 e. The quantitative estimate of drug-likeness (QED) is 0.718. The standard InChI is InChI=1S/C18H26O3/c1-3-5-14-6-10-17(11-7-14)21-18(19)15-8-12-16(13-9-15)20-4-2/h8-9,12-14,17H,3-7,10-11H2,1-2H3. The van der Waals surface area contributed by atoms with Crippen molar-refractivity contribution < 1.29 is 14.3 Å². The molecule has 0 amide bonds. The van der Waals surface area contributed by atoms with Gasteiger partial charge in [0.2, 0.25) is 0 Å². The van der Waals surface area contributed by atoms with Crippen LogP contribution in [0.15, 0.2) is 24.3 Å². The summed E-state index contributed by atoms with van der Waals surface area (Å²) >= 11 is 0. The van der Waals surface area contributed by atoms with E-state index in [4.69, 9.17) is 9.47 Å². The molecule has 0 aromatic heterocycles. The number of esters is 1. The predicted octanol–water partition coefficient (Wildman–Crippen LogP) is 4.60. The Balaban J connectivity index is 1.81. The van der Waals surface area contributed by atoms with Gasteiger partial charge in [0, 0.05) is 0 Å². The van der Waals surface area contributed by atoms with Gasteiger partial charge >= 0.3 is 5.97 Å². The summed E-state index contributed by atoms with van der Waals surface area (Å²) in [5.74, 6) is 1.40. The van der Waals surface area contributed by atoms with Gasteiger partial charge in [-0.25, -0.2) is 4.79 Å². The molecular weight excluding hydrogens is 264 g/mol. The molecule has 0 atom stereocenters. The number of carbonyl (C=O) groups is 1. The minimum Gasteiger partial charge on any atom is -0.494 e. The van der Waals surface area contributed by atoms with E-state index in [1.165, 1.54) is 25.7 Å². The third-order valence-electron chi connectivity index (χ3n) is 4.17. The molecule has 1 fully saturated rings. The van der Waals surface area contributed by atoms with Crippen LogP contribution in [-0.2, 0) is 4.74 Å². The maximum absolute atomic E-state index is 12.1. The highest BCUT2D eigenvalue weighted by molar-refractivity contribution is 5.89. The normalized spacial score (nSPS) is 21.8. The number of benzene rings is 1. The van der Waals surface area contributed by atoms with Gasteiger partial charge in [0.05, 0.1) is 12.2 Å². The van der Waals surface area contributed by atoms with Gasteiger partial charge in [-0.3, -0.25) is 0 Å². The van der Waals surface area contributed by atoms with E-state index >= 15 is 0 Å². The van der Waals surface area contributed by atoms with Crippen molar-refractivity contribution in [1.29, 1.82) is 0 Å². The molecule has 21 heavy (non-hydrogen) atoms. The number of hydrogen-bond donors (Lipinski definition) is 0. The van der Waals surface area contributed by atoms with Gasteiger partial charge in [0.15, 0.2) is 0 Å². The average molecular weight is 290 g/mol. The zero-order chi connectivity index (χ0) is 15.1. The number of rotatable bonds is 6. The molecule has 0 heterocycles. The number of hydrogen-bond acceptors (Lipinski definition) is 3. The fourth-order valence-corrected chi connectivity index (χ4v) is 3.02. The molecule has 1 aromatic rings. The molecule has 1 aliphatic carbocycles. The summed E-state index contributed by atoms with van der Waals surface area (Å²) in [6.45, 7) is 4.81. The van der Waals surface area contributed by atoms with Gasteiger partial charge in [-0.05, 0) is 62.8 Å². The lowest BCUT2D eigenvalue weighted by molar-refractivity contribution is 0.0161. The van der Waals surface area contributed by atoms with Gasteiger partial charge in [0.1, 0.15) is 11.9 Å². The summed E-state index contributed by atoms with van der Waals surface area (Å²) in [6.07, 6.45) is 7.04. The van der Waals surface area contributed by atoms with Gasteiger partial charge in [-0.1, -0.05) is 19.8 Å². The Labute approximate surface area is 127 Å². The molecule has 2 rings (SSSR count). The van der Waals surface area contributed by atoms with Crippen LogP contribution in [0.1, 0.15) is 62.7 Å². The van der Waals surface area contributed by atoms with Crippen molar-refractivity contribution >= 4 is 5.97 Å². The van der Waals surface area contributed by atoms with Crippen molar-refractivity contribution in [3.05, 3.63) is 29.8 Å². The van der Waals surface area contributed by atoms with E-state index in [9.17, 15) is 4.79 Å². The van der Waals surface area contributed by atoms with Gasteiger partial charge in [-0.15, -0.1) is 0 Å². The van der Waals surface area contributed by atoms with Crippen LogP contribution >= 0.6 is 0 Å². The fraction of sp³-hybridized carbons (Fsp3) is 0.611. The van der Waals surface area contributed by atoms with Gasteiger partial charge in [-0.2, -0.15) is 0 Å². The molecule has 1 aliphatic rings. The first-order valence-corrected chi connectivity index (χ1v) is 8.16.